The van der Waals surface area contributed by atoms with Crippen LogP contribution < -0.4 is 5.32 Å². The highest BCUT2D eigenvalue weighted by Crippen LogP contribution is 2.37. The Morgan fingerprint density at radius 2 is 2.15 bits per heavy atom. The topological polar surface area (TPSA) is 45.2 Å². The third-order valence-corrected chi connectivity index (χ3v) is 4.23. The molecule has 0 spiro atoms. The molecule has 1 amide bonds. The highest BCUT2D eigenvalue weighted by Gasteiger charge is 2.32. The second-order valence-corrected chi connectivity index (χ2v) is 6.56. The van der Waals surface area contributed by atoms with Crippen molar-refractivity contribution in [3.8, 4) is 0 Å². The number of amides is 1. The van der Waals surface area contributed by atoms with Gasteiger partial charge in [0.1, 0.15) is 5.69 Å². The van der Waals surface area contributed by atoms with E-state index in [1.807, 2.05) is 12.1 Å². The van der Waals surface area contributed by atoms with E-state index in [4.69, 9.17) is 0 Å². The van der Waals surface area contributed by atoms with E-state index in [2.05, 4.69) is 24.1 Å². The van der Waals surface area contributed by atoms with Crippen molar-refractivity contribution in [1.29, 1.82) is 0 Å². The van der Waals surface area contributed by atoms with Gasteiger partial charge in [0.15, 0.2) is 0 Å². The van der Waals surface area contributed by atoms with E-state index in [9.17, 15) is 4.79 Å². The van der Waals surface area contributed by atoms with E-state index in [1.165, 1.54) is 25.7 Å². The molecule has 20 heavy (non-hydrogen) atoms. The first-order valence-electron chi connectivity index (χ1n) is 7.34. The first-order valence-corrected chi connectivity index (χ1v) is 7.34. The molecular formula is C16H25N3O. The van der Waals surface area contributed by atoms with Gasteiger partial charge in [-0.15, -0.1) is 0 Å². The average molecular weight is 275 g/mol. The van der Waals surface area contributed by atoms with Crippen molar-refractivity contribution >= 4 is 11.6 Å². The van der Waals surface area contributed by atoms with Crippen LogP contribution in [0.2, 0.25) is 0 Å². The summed E-state index contributed by atoms with van der Waals surface area (Å²) in [5.41, 5.74) is 1.78. The van der Waals surface area contributed by atoms with Crippen LogP contribution in [0.1, 0.15) is 50.0 Å². The molecule has 1 aromatic rings. The fraction of sp³-hybridized carbons (Fsp3) is 0.625. The van der Waals surface area contributed by atoms with Gasteiger partial charge in [-0.2, -0.15) is 0 Å². The van der Waals surface area contributed by atoms with E-state index in [0.717, 1.165) is 5.69 Å². The number of hydrogen-bond donors (Lipinski definition) is 1. The Kier molecular flexibility index (Phi) is 4.31. The van der Waals surface area contributed by atoms with Crippen molar-refractivity contribution in [3.05, 3.63) is 24.0 Å². The quantitative estimate of drug-likeness (QED) is 0.921. The average Bonchev–Trinajstić information content (AvgIpc) is 2.40. The zero-order valence-electron chi connectivity index (χ0n) is 12.9. The lowest BCUT2D eigenvalue weighted by Gasteiger charge is -2.39. The van der Waals surface area contributed by atoms with Gasteiger partial charge in [-0.1, -0.05) is 26.7 Å². The van der Waals surface area contributed by atoms with Gasteiger partial charge in [0.25, 0.3) is 5.91 Å². The molecule has 1 aliphatic carbocycles. The molecule has 1 N–H and O–H groups in total. The number of aromatic nitrogens is 1. The maximum Gasteiger partial charge on any atom is 0.272 e. The summed E-state index contributed by atoms with van der Waals surface area (Å²) >= 11 is 0. The monoisotopic (exact) mass is 275 g/mol. The van der Waals surface area contributed by atoms with Crippen molar-refractivity contribution in [2.45, 2.75) is 45.6 Å². The molecule has 0 bridgehead atoms. The summed E-state index contributed by atoms with van der Waals surface area (Å²) in [6.45, 7) is 4.63. The van der Waals surface area contributed by atoms with Crippen LogP contribution in [0.4, 0.5) is 5.69 Å². The van der Waals surface area contributed by atoms with Crippen LogP contribution in [0.25, 0.3) is 0 Å². The lowest BCUT2D eigenvalue weighted by molar-refractivity contribution is 0.0822. The second kappa shape index (κ2) is 5.81. The first kappa shape index (κ1) is 14.8. The number of hydrogen-bond acceptors (Lipinski definition) is 3. The number of pyridine rings is 1. The molecule has 4 heteroatoms. The standard InChI is InChI=1S/C16H25N3O/c1-16(2)9-6-5-7-14(16)18-12-8-10-17-13(11-12)15(20)19(3)4/h8,10-11,14H,5-7,9H2,1-4H3,(H,17,18). The molecule has 0 aliphatic heterocycles. The fourth-order valence-corrected chi connectivity index (χ4v) is 2.83. The minimum atomic E-state index is -0.0587. The van der Waals surface area contributed by atoms with Crippen molar-refractivity contribution < 1.29 is 4.79 Å². The molecule has 0 radical (unpaired) electrons. The largest absolute Gasteiger partial charge is 0.382 e. The van der Waals surface area contributed by atoms with Crippen molar-refractivity contribution in [1.82, 2.24) is 9.88 Å². The molecular weight excluding hydrogens is 250 g/mol. The summed E-state index contributed by atoms with van der Waals surface area (Å²) < 4.78 is 0. The predicted molar refractivity (Wildman–Crippen MR) is 81.9 cm³/mol. The van der Waals surface area contributed by atoms with Gasteiger partial charge in [-0.25, -0.2) is 0 Å². The van der Waals surface area contributed by atoms with E-state index in [1.54, 1.807) is 25.2 Å². The Morgan fingerprint density at radius 3 is 2.80 bits per heavy atom. The number of carbonyl (C=O) groups excluding carboxylic acids is 1. The molecule has 1 aliphatic rings. The van der Waals surface area contributed by atoms with Gasteiger partial charge in [0, 0.05) is 32.0 Å². The lowest BCUT2D eigenvalue weighted by Crippen LogP contribution is -2.39. The van der Waals surface area contributed by atoms with Crippen LogP contribution in [0.3, 0.4) is 0 Å². The van der Waals surface area contributed by atoms with E-state index in [0.29, 0.717) is 17.2 Å². The number of rotatable bonds is 3. The summed E-state index contributed by atoms with van der Waals surface area (Å²) in [4.78, 5) is 17.7. The van der Waals surface area contributed by atoms with E-state index < -0.39 is 0 Å². The number of nitrogens with one attached hydrogen (secondary N) is 1. The zero-order valence-corrected chi connectivity index (χ0v) is 12.9. The van der Waals surface area contributed by atoms with Gasteiger partial charge in [-0.05, 0) is 30.4 Å². The molecule has 1 fully saturated rings. The van der Waals surface area contributed by atoms with Crippen LogP contribution in [0.15, 0.2) is 18.3 Å². The number of carbonyl (C=O) groups is 1. The minimum Gasteiger partial charge on any atom is -0.382 e. The van der Waals surface area contributed by atoms with Gasteiger partial charge >= 0.3 is 0 Å². The Bertz CT molecular complexity index is 482. The molecule has 1 aromatic heterocycles. The maximum absolute atomic E-state index is 12.0. The Morgan fingerprint density at radius 1 is 1.40 bits per heavy atom. The Balaban J connectivity index is 2.13. The molecule has 4 nitrogen and oxygen atoms in total. The van der Waals surface area contributed by atoms with Crippen LogP contribution >= 0.6 is 0 Å². The fourth-order valence-electron chi connectivity index (χ4n) is 2.83. The molecule has 1 atom stereocenters. The minimum absolute atomic E-state index is 0.0587. The lowest BCUT2D eigenvalue weighted by atomic mass is 9.73. The highest BCUT2D eigenvalue weighted by molar-refractivity contribution is 5.92. The van der Waals surface area contributed by atoms with Crippen LogP contribution in [-0.4, -0.2) is 35.9 Å². The SMILES string of the molecule is CN(C)C(=O)c1cc(NC2CCCCC2(C)C)ccn1. The van der Waals surface area contributed by atoms with Crippen LogP contribution in [-0.2, 0) is 0 Å². The molecule has 1 unspecified atom stereocenters. The van der Waals surface area contributed by atoms with Crippen molar-refractivity contribution in [2.24, 2.45) is 5.41 Å². The first-order chi connectivity index (χ1) is 9.40. The highest BCUT2D eigenvalue weighted by atomic mass is 16.2. The van der Waals surface area contributed by atoms with Gasteiger partial charge in [0.05, 0.1) is 0 Å². The van der Waals surface area contributed by atoms with E-state index in [-0.39, 0.29) is 5.91 Å². The van der Waals surface area contributed by atoms with Crippen LogP contribution in [0.5, 0.6) is 0 Å². The van der Waals surface area contributed by atoms with Gasteiger partial charge in [0.2, 0.25) is 0 Å². The zero-order chi connectivity index (χ0) is 14.8. The third kappa shape index (κ3) is 3.30. The van der Waals surface area contributed by atoms with Crippen molar-refractivity contribution in [3.63, 3.8) is 0 Å². The van der Waals surface area contributed by atoms with Crippen LogP contribution in [0, 0.1) is 5.41 Å². The maximum atomic E-state index is 12.0. The summed E-state index contributed by atoms with van der Waals surface area (Å²) in [5, 5.41) is 3.59. The second-order valence-electron chi connectivity index (χ2n) is 6.56. The Hall–Kier alpha value is -1.58. The van der Waals surface area contributed by atoms with E-state index >= 15 is 0 Å². The summed E-state index contributed by atoms with van der Waals surface area (Å²) in [7, 11) is 3.49. The molecule has 2 rings (SSSR count). The third-order valence-electron chi connectivity index (χ3n) is 4.23. The molecule has 0 saturated heterocycles. The predicted octanol–water partition coefficient (Wildman–Crippen LogP) is 3.16. The Labute approximate surface area is 121 Å². The summed E-state index contributed by atoms with van der Waals surface area (Å²) in [6, 6.07) is 4.25. The molecule has 1 saturated carbocycles. The molecule has 110 valence electrons. The number of anilines is 1. The summed E-state index contributed by atoms with van der Waals surface area (Å²) in [5.74, 6) is -0.0587. The van der Waals surface area contributed by atoms with Crippen molar-refractivity contribution in [2.75, 3.05) is 19.4 Å². The molecule has 1 heterocycles. The van der Waals surface area contributed by atoms with Gasteiger partial charge < -0.3 is 10.2 Å². The number of nitrogens with zero attached hydrogens (tertiary/aromatic N) is 2. The normalized spacial score (nSPS) is 21.3. The smallest absolute Gasteiger partial charge is 0.272 e. The van der Waals surface area contributed by atoms with Gasteiger partial charge in [-0.3, -0.25) is 9.78 Å². The molecule has 0 aromatic carbocycles. The summed E-state index contributed by atoms with van der Waals surface area (Å²) in [6.07, 6.45) is 6.72.